The lowest BCUT2D eigenvalue weighted by atomic mass is 10.3. The number of benzene rings is 1. The lowest BCUT2D eigenvalue weighted by molar-refractivity contribution is 0.682. The first-order chi connectivity index (χ1) is 10.2. The van der Waals surface area contributed by atoms with Gasteiger partial charge in [0.25, 0.3) is 0 Å². The topological polar surface area (TPSA) is 60.6 Å². The zero-order chi connectivity index (χ0) is 14.8. The van der Waals surface area contributed by atoms with Gasteiger partial charge in [-0.25, -0.2) is 4.98 Å². The van der Waals surface area contributed by atoms with Gasteiger partial charge in [0.1, 0.15) is 11.6 Å². The van der Waals surface area contributed by atoms with Gasteiger partial charge in [0.05, 0.1) is 23.3 Å². The van der Waals surface area contributed by atoms with E-state index in [-0.39, 0.29) is 0 Å². The molecule has 0 fully saturated rings. The van der Waals surface area contributed by atoms with E-state index in [0.717, 1.165) is 40.1 Å². The SMILES string of the molecule is CNCc1nnc(SCc2nc3ccccc3n2C)n1C. The number of hydrogen-bond acceptors (Lipinski definition) is 5. The van der Waals surface area contributed by atoms with Crippen LogP contribution in [0.4, 0.5) is 0 Å². The molecule has 0 spiro atoms. The Balaban J connectivity index is 1.79. The molecule has 7 heteroatoms. The zero-order valence-electron chi connectivity index (χ0n) is 12.4. The Hall–Kier alpha value is -1.86. The van der Waals surface area contributed by atoms with Crippen molar-refractivity contribution < 1.29 is 0 Å². The average molecular weight is 302 g/mol. The Labute approximate surface area is 127 Å². The summed E-state index contributed by atoms with van der Waals surface area (Å²) in [6, 6.07) is 8.17. The second kappa shape index (κ2) is 5.87. The molecule has 1 N–H and O–H groups in total. The summed E-state index contributed by atoms with van der Waals surface area (Å²) in [4.78, 5) is 4.67. The van der Waals surface area contributed by atoms with Crippen LogP contribution in [0.2, 0.25) is 0 Å². The predicted octanol–water partition coefficient (Wildman–Crippen LogP) is 1.71. The highest BCUT2D eigenvalue weighted by Gasteiger charge is 2.12. The van der Waals surface area contributed by atoms with E-state index < -0.39 is 0 Å². The number of rotatable bonds is 5. The van der Waals surface area contributed by atoms with Gasteiger partial charge in [-0.3, -0.25) is 0 Å². The highest BCUT2D eigenvalue weighted by atomic mass is 32.2. The fourth-order valence-corrected chi connectivity index (χ4v) is 3.15. The molecule has 1 aromatic carbocycles. The lowest BCUT2D eigenvalue weighted by Crippen LogP contribution is -2.10. The third-order valence-corrected chi connectivity index (χ3v) is 4.49. The van der Waals surface area contributed by atoms with Gasteiger partial charge in [0.2, 0.25) is 0 Å². The molecule has 3 aromatic rings. The van der Waals surface area contributed by atoms with Crippen LogP contribution in [-0.2, 0) is 26.4 Å². The van der Waals surface area contributed by atoms with Crippen LogP contribution in [0, 0.1) is 0 Å². The van der Waals surface area contributed by atoms with Crippen molar-refractivity contribution in [1.29, 1.82) is 0 Å². The third-order valence-electron chi connectivity index (χ3n) is 3.47. The summed E-state index contributed by atoms with van der Waals surface area (Å²) in [6.45, 7) is 0.719. The Kier molecular flexibility index (Phi) is 3.94. The minimum Gasteiger partial charge on any atom is -0.330 e. The van der Waals surface area contributed by atoms with E-state index in [1.807, 2.05) is 43.9 Å². The van der Waals surface area contributed by atoms with Crippen molar-refractivity contribution in [2.24, 2.45) is 14.1 Å². The van der Waals surface area contributed by atoms with E-state index in [9.17, 15) is 0 Å². The molecule has 0 bridgehead atoms. The highest BCUT2D eigenvalue weighted by Crippen LogP contribution is 2.23. The number of thioether (sulfide) groups is 1. The molecule has 0 amide bonds. The summed E-state index contributed by atoms with van der Waals surface area (Å²) < 4.78 is 4.15. The molecule has 2 aromatic heterocycles. The minimum absolute atomic E-state index is 0.719. The molecule has 110 valence electrons. The van der Waals surface area contributed by atoms with Crippen LogP contribution in [0.1, 0.15) is 11.6 Å². The molecule has 0 aliphatic carbocycles. The van der Waals surface area contributed by atoms with Gasteiger partial charge in [-0.15, -0.1) is 10.2 Å². The maximum Gasteiger partial charge on any atom is 0.191 e. The Morgan fingerprint density at radius 2 is 1.90 bits per heavy atom. The van der Waals surface area contributed by atoms with Gasteiger partial charge in [0.15, 0.2) is 5.16 Å². The van der Waals surface area contributed by atoms with Crippen LogP contribution in [0.25, 0.3) is 11.0 Å². The van der Waals surface area contributed by atoms with Crippen molar-refractivity contribution in [3.8, 4) is 0 Å². The summed E-state index contributed by atoms with van der Waals surface area (Å²) in [7, 11) is 5.94. The number of nitrogens with one attached hydrogen (secondary N) is 1. The van der Waals surface area contributed by atoms with Crippen LogP contribution < -0.4 is 5.32 Å². The molecule has 6 nitrogen and oxygen atoms in total. The molecule has 2 heterocycles. The fourth-order valence-electron chi connectivity index (χ4n) is 2.24. The van der Waals surface area contributed by atoms with Crippen LogP contribution in [0.15, 0.2) is 29.4 Å². The van der Waals surface area contributed by atoms with E-state index in [4.69, 9.17) is 0 Å². The van der Waals surface area contributed by atoms with Gasteiger partial charge in [-0.2, -0.15) is 0 Å². The lowest BCUT2D eigenvalue weighted by Gasteiger charge is -2.04. The smallest absolute Gasteiger partial charge is 0.191 e. The summed E-state index contributed by atoms with van der Waals surface area (Å²) in [5.41, 5.74) is 2.19. The van der Waals surface area contributed by atoms with Crippen molar-refractivity contribution >= 4 is 22.8 Å². The van der Waals surface area contributed by atoms with Crippen molar-refractivity contribution in [2.45, 2.75) is 17.5 Å². The first-order valence-corrected chi connectivity index (χ1v) is 7.75. The number of fused-ring (bicyclic) bond motifs is 1. The minimum atomic E-state index is 0.719. The van der Waals surface area contributed by atoms with Gasteiger partial charge in [-0.05, 0) is 19.2 Å². The average Bonchev–Trinajstić information content (AvgIpc) is 3.00. The number of para-hydroxylation sites is 2. The summed E-state index contributed by atoms with van der Waals surface area (Å²) in [6.07, 6.45) is 0. The van der Waals surface area contributed by atoms with Gasteiger partial charge >= 0.3 is 0 Å². The van der Waals surface area contributed by atoms with Gasteiger partial charge in [-0.1, -0.05) is 23.9 Å². The summed E-state index contributed by atoms with van der Waals surface area (Å²) in [5, 5.41) is 12.4. The largest absolute Gasteiger partial charge is 0.330 e. The molecule has 0 saturated carbocycles. The zero-order valence-corrected chi connectivity index (χ0v) is 13.2. The quantitative estimate of drug-likeness (QED) is 0.727. The van der Waals surface area contributed by atoms with Crippen molar-refractivity contribution in [2.75, 3.05) is 7.05 Å². The monoisotopic (exact) mass is 302 g/mol. The Bertz CT molecular complexity index is 760. The molecular weight excluding hydrogens is 284 g/mol. The second-order valence-electron chi connectivity index (χ2n) is 4.85. The number of nitrogens with zero attached hydrogens (tertiary/aromatic N) is 5. The third kappa shape index (κ3) is 2.66. The number of aromatic nitrogens is 5. The summed E-state index contributed by atoms with van der Waals surface area (Å²) in [5.74, 6) is 2.75. The molecule has 0 atom stereocenters. The van der Waals surface area contributed by atoms with E-state index in [1.165, 1.54) is 0 Å². The molecule has 3 rings (SSSR count). The number of aryl methyl sites for hydroxylation is 1. The molecule has 21 heavy (non-hydrogen) atoms. The molecule has 0 radical (unpaired) electrons. The van der Waals surface area contributed by atoms with E-state index >= 15 is 0 Å². The van der Waals surface area contributed by atoms with E-state index in [2.05, 4.69) is 31.1 Å². The number of hydrogen-bond donors (Lipinski definition) is 1. The van der Waals surface area contributed by atoms with Crippen molar-refractivity contribution in [3.63, 3.8) is 0 Å². The first kappa shape index (κ1) is 14.1. The van der Waals surface area contributed by atoms with Crippen LogP contribution in [-0.4, -0.2) is 31.4 Å². The molecule has 0 aliphatic heterocycles. The first-order valence-electron chi connectivity index (χ1n) is 6.76. The molecule has 0 aliphatic rings. The molecule has 0 unspecified atom stereocenters. The Morgan fingerprint density at radius 1 is 1.10 bits per heavy atom. The van der Waals surface area contributed by atoms with Crippen LogP contribution >= 0.6 is 11.8 Å². The molecule has 0 saturated heterocycles. The fraction of sp³-hybridized carbons (Fsp3) is 0.357. The predicted molar refractivity (Wildman–Crippen MR) is 84.0 cm³/mol. The highest BCUT2D eigenvalue weighted by molar-refractivity contribution is 7.98. The molecular formula is C14H18N6S. The maximum absolute atomic E-state index is 4.67. The number of imidazole rings is 1. The Morgan fingerprint density at radius 3 is 2.67 bits per heavy atom. The maximum atomic E-state index is 4.67. The second-order valence-corrected chi connectivity index (χ2v) is 5.80. The normalized spacial score (nSPS) is 11.4. The standard InChI is InChI=1S/C14H18N6S/c1-15-8-12-17-18-14(20(12)3)21-9-13-16-10-6-4-5-7-11(10)19(13)2/h4-7,15H,8-9H2,1-3H3. The van der Waals surface area contributed by atoms with E-state index in [0.29, 0.717) is 0 Å². The van der Waals surface area contributed by atoms with Gasteiger partial charge in [0, 0.05) is 14.1 Å². The van der Waals surface area contributed by atoms with Crippen molar-refractivity contribution in [1.82, 2.24) is 29.6 Å². The van der Waals surface area contributed by atoms with E-state index in [1.54, 1.807) is 11.8 Å². The van der Waals surface area contributed by atoms with Crippen LogP contribution in [0.3, 0.4) is 0 Å². The van der Waals surface area contributed by atoms with Crippen LogP contribution in [0.5, 0.6) is 0 Å². The summed E-state index contributed by atoms with van der Waals surface area (Å²) >= 11 is 1.65. The van der Waals surface area contributed by atoms with Gasteiger partial charge < -0.3 is 14.5 Å². The van der Waals surface area contributed by atoms with Crippen molar-refractivity contribution in [3.05, 3.63) is 35.9 Å².